The van der Waals surface area contributed by atoms with Crippen molar-refractivity contribution in [2.75, 3.05) is 20.8 Å². The normalized spacial score (nSPS) is 19.2. The summed E-state index contributed by atoms with van der Waals surface area (Å²) in [6.07, 6.45) is 1.46. The fourth-order valence-corrected chi connectivity index (χ4v) is 3.12. The Morgan fingerprint density at radius 1 is 1.08 bits per heavy atom. The molecule has 2 aromatic carbocycles. The zero-order valence-corrected chi connectivity index (χ0v) is 15.1. The van der Waals surface area contributed by atoms with Gasteiger partial charge in [-0.2, -0.15) is 0 Å². The van der Waals surface area contributed by atoms with Gasteiger partial charge < -0.3 is 14.8 Å². The Morgan fingerprint density at radius 2 is 1.85 bits per heavy atom. The third kappa shape index (κ3) is 4.33. The van der Waals surface area contributed by atoms with E-state index in [-0.39, 0.29) is 18.0 Å². The Morgan fingerprint density at radius 3 is 2.58 bits per heavy atom. The van der Waals surface area contributed by atoms with Crippen LogP contribution in [0.1, 0.15) is 23.6 Å². The van der Waals surface area contributed by atoms with Gasteiger partial charge in [0.05, 0.1) is 14.2 Å². The van der Waals surface area contributed by atoms with Crippen molar-refractivity contribution < 1.29 is 14.3 Å². The molecule has 0 aromatic heterocycles. The molecular weight excluding hydrogens is 330 g/mol. The van der Waals surface area contributed by atoms with Gasteiger partial charge in [0.1, 0.15) is 6.04 Å². The van der Waals surface area contributed by atoms with Gasteiger partial charge in [0.25, 0.3) is 0 Å². The molecule has 0 spiro atoms. The Hall–Kier alpha value is -2.57. The van der Waals surface area contributed by atoms with Crippen molar-refractivity contribution in [2.45, 2.75) is 24.9 Å². The maximum atomic E-state index is 12.4. The number of carbonyl (C=O) groups is 1. The van der Waals surface area contributed by atoms with Gasteiger partial charge in [0.15, 0.2) is 11.5 Å². The molecule has 6 nitrogen and oxygen atoms in total. The highest BCUT2D eigenvalue weighted by atomic mass is 16.5. The van der Waals surface area contributed by atoms with Gasteiger partial charge in [0.2, 0.25) is 5.91 Å². The number of amides is 1. The van der Waals surface area contributed by atoms with Crippen molar-refractivity contribution in [1.82, 2.24) is 16.2 Å². The molecular formula is C20H25N3O3. The first-order chi connectivity index (χ1) is 12.7. The second kappa shape index (κ2) is 8.69. The minimum Gasteiger partial charge on any atom is -0.493 e. The predicted molar refractivity (Wildman–Crippen MR) is 100 cm³/mol. The molecule has 2 aromatic rings. The topological polar surface area (TPSA) is 71.6 Å². The summed E-state index contributed by atoms with van der Waals surface area (Å²) in [5, 5.41) is 3.00. The smallest absolute Gasteiger partial charge is 0.238 e. The average molecular weight is 355 g/mol. The van der Waals surface area contributed by atoms with Crippen LogP contribution in [-0.4, -0.2) is 32.7 Å². The summed E-state index contributed by atoms with van der Waals surface area (Å²) in [6.45, 7) is 0.572. The lowest BCUT2D eigenvalue weighted by Gasteiger charge is -2.12. The molecule has 138 valence electrons. The average Bonchev–Trinajstić information content (AvgIpc) is 3.19. The van der Waals surface area contributed by atoms with E-state index in [4.69, 9.17) is 9.47 Å². The number of rotatable bonds is 7. The molecule has 2 unspecified atom stereocenters. The van der Waals surface area contributed by atoms with E-state index in [1.807, 2.05) is 36.4 Å². The minimum absolute atomic E-state index is 0.0106. The molecule has 1 heterocycles. The molecule has 1 aliphatic heterocycles. The number of hydrogen-bond donors (Lipinski definition) is 3. The number of nitrogens with one attached hydrogen (secondary N) is 3. The Bertz CT molecular complexity index is 736. The lowest BCUT2D eigenvalue weighted by atomic mass is 10.0. The molecule has 0 saturated carbocycles. The fourth-order valence-electron chi connectivity index (χ4n) is 3.12. The van der Waals surface area contributed by atoms with Crippen molar-refractivity contribution in [3.8, 4) is 11.5 Å². The van der Waals surface area contributed by atoms with Crippen molar-refractivity contribution >= 4 is 5.91 Å². The Balaban J connectivity index is 1.47. The number of hydrogen-bond acceptors (Lipinski definition) is 5. The summed E-state index contributed by atoms with van der Waals surface area (Å²) >= 11 is 0. The largest absolute Gasteiger partial charge is 0.493 e. The highest BCUT2D eigenvalue weighted by Gasteiger charge is 2.29. The van der Waals surface area contributed by atoms with Crippen molar-refractivity contribution in [3.63, 3.8) is 0 Å². The molecule has 3 rings (SSSR count). The first-order valence-electron chi connectivity index (χ1n) is 8.76. The molecule has 6 heteroatoms. The van der Waals surface area contributed by atoms with E-state index in [1.165, 1.54) is 5.56 Å². The van der Waals surface area contributed by atoms with Crippen LogP contribution in [0.5, 0.6) is 11.5 Å². The monoisotopic (exact) mass is 355 g/mol. The van der Waals surface area contributed by atoms with E-state index in [0.717, 1.165) is 18.4 Å². The highest BCUT2D eigenvalue weighted by molar-refractivity contribution is 5.82. The summed E-state index contributed by atoms with van der Waals surface area (Å²) in [4.78, 5) is 12.4. The molecule has 0 radical (unpaired) electrons. The second-order valence-electron chi connectivity index (χ2n) is 6.27. The summed E-state index contributed by atoms with van der Waals surface area (Å²) in [5.41, 5.74) is 8.55. The van der Waals surface area contributed by atoms with E-state index in [9.17, 15) is 4.79 Å². The molecule has 1 fully saturated rings. The summed E-state index contributed by atoms with van der Waals surface area (Å²) in [7, 11) is 3.23. The van der Waals surface area contributed by atoms with Gasteiger partial charge >= 0.3 is 0 Å². The van der Waals surface area contributed by atoms with E-state index in [1.54, 1.807) is 14.2 Å². The fraction of sp³-hybridized carbons (Fsp3) is 0.350. The van der Waals surface area contributed by atoms with Gasteiger partial charge in [-0.25, -0.2) is 10.9 Å². The van der Waals surface area contributed by atoms with Crippen LogP contribution in [0.3, 0.4) is 0 Å². The van der Waals surface area contributed by atoms with Crippen LogP contribution in [0.2, 0.25) is 0 Å². The van der Waals surface area contributed by atoms with Crippen molar-refractivity contribution in [1.29, 1.82) is 0 Å². The van der Waals surface area contributed by atoms with E-state index in [2.05, 4.69) is 28.3 Å². The molecule has 2 atom stereocenters. The van der Waals surface area contributed by atoms with Crippen LogP contribution in [0.15, 0.2) is 48.5 Å². The molecule has 1 aliphatic rings. The van der Waals surface area contributed by atoms with Crippen LogP contribution in [0.25, 0.3) is 0 Å². The summed E-state index contributed by atoms with van der Waals surface area (Å²) < 4.78 is 10.5. The molecule has 26 heavy (non-hydrogen) atoms. The number of carbonyl (C=O) groups excluding carboxylic acids is 1. The third-order valence-electron chi connectivity index (χ3n) is 4.58. The summed E-state index contributed by atoms with van der Waals surface area (Å²) in [5.74, 6) is 1.41. The Kier molecular flexibility index (Phi) is 6.09. The minimum atomic E-state index is -0.231. The van der Waals surface area contributed by atoms with Crippen LogP contribution >= 0.6 is 0 Å². The number of benzene rings is 2. The lowest BCUT2D eigenvalue weighted by Crippen LogP contribution is -2.43. The quantitative estimate of drug-likeness (QED) is 0.708. The third-order valence-corrected chi connectivity index (χ3v) is 4.58. The Labute approximate surface area is 153 Å². The van der Waals surface area contributed by atoms with Crippen molar-refractivity contribution in [3.05, 3.63) is 59.7 Å². The molecule has 1 amide bonds. The summed E-state index contributed by atoms with van der Waals surface area (Å²) in [6, 6.07) is 15.9. The zero-order valence-electron chi connectivity index (χ0n) is 15.1. The zero-order chi connectivity index (χ0) is 18.4. The van der Waals surface area contributed by atoms with E-state index in [0.29, 0.717) is 18.0 Å². The molecule has 1 saturated heterocycles. The molecule has 0 bridgehead atoms. The van der Waals surface area contributed by atoms with Crippen LogP contribution < -0.4 is 25.6 Å². The van der Waals surface area contributed by atoms with Gasteiger partial charge in [0, 0.05) is 12.6 Å². The van der Waals surface area contributed by atoms with Crippen molar-refractivity contribution in [2.24, 2.45) is 0 Å². The molecule has 0 aliphatic carbocycles. The maximum Gasteiger partial charge on any atom is 0.238 e. The first-order valence-corrected chi connectivity index (χ1v) is 8.76. The van der Waals surface area contributed by atoms with Crippen LogP contribution in [-0.2, 0) is 11.2 Å². The number of ether oxygens (including phenoxy) is 2. The number of hydrazine groups is 1. The van der Waals surface area contributed by atoms with Gasteiger partial charge in [-0.15, -0.1) is 0 Å². The number of methoxy groups -OCH3 is 2. The van der Waals surface area contributed by atoms with E-state index >= 15 is 0 Å². The standard InChI is InChI=1S/C20H25N3O3/c1-25-18-9-8-14(12-19(18)26-2)10-11-21-20(24)17-13-16(22-23-17)15-6-4-3-5-7-15/h3-9,12,16-17,22-23H,10-11,13H2,1-2H3,(H,21,24). The maximum absolute atomic E-state index is 12.4. The van der Waals surface area contributed by atoms with Gasteiger partial charge in [-0.3, -0.25) is 4.79 Å². The van der Waals surface area contributed by atoms with E-state index < -0.39 is 0 Å². The van der Waals surface area contributed by atoms with Crippen LogP contribution in [0, 0.1) is 0 Å². The molecule has 3 N–H and O–H groups in total. The van der Waals surface area contributed by atoms with Gasteiger partial charge in [-0.05, 0) is 36.1 Å². The SMILES string of the molecule is COc1ccc(CCNC(=O)C2CC(c3ccccc3)NN2)cc1OC. The second-order valence-corrected chi connectivity index (χ2v) is 6.27. The van der Waals surface area contributed by atoms with Gasteiger partial charge in [-0.1, -0.05) is 36.4 Å². The predicted octanol–water partition coefficient (Wildman–Crippen LogP) is 1.97. The van der Waals surface area contributed by atoms with Crippen LogP contribution in [0.4, 0.5) is 0 Å². The highest BCUT2D eigenvalue weighted by Crippen LogP contribution is 2.27. The first kappa shape index (κ1) is 18.2. The lowest BCUT2D eigenvalue weighted by molar-refractivity contribution is -0.122.